The van der Waals surface area contributed by atoms with E-state index in [9.17, 15) is 4.79 Å². The number of carboxylic acid groups (broad SMARTS) is 1. The van der Waals surface area contributed by atoms with Crippen molar-refractivity contribution in [2.24, 2.45) is 0 Å². The van der Waals surface area contributed by atoms with E-state index in [0.717, 1.165) is 11.1 Å². The van der Waals surface area contributed by atoms with Gasteiger partial charge in [0.15, 0.2) is 5.82 Å². The van der Waals surface area contributed by atoms with Crippen molar-refractivity contribution in [1.29, 1.82) is 0 Å². The van der Waals surface area contributed by atoms with Crippen molar-refractivity contribution >= 4 is 17.6 Å². The zero-order valence-corrected chi connectivity index (χ0v) is 11.3. The van der Waals surface area contributed by atoms with E-state index in [2.05, 4.69) is 15.5 Å². The van der Waals surface area contributed by atoms with Crippen LogP contribution >= 0.6 is 11.6 Å². The van der Waals surface area contributed by atoms with Gasteiger partial charge < -0.3 is 5.11 Å². The summed E-state index contributed by atoms with van der Waals surface area (Å²) in [5, 5.41) is 20.9. The predicted molar refractivity (Wildman–Crippen MR) is 70.0 cm³/mol. The number of nitrogens with zero attached hydrogens (tertiary/aromatic N) is 4. The first kappa shape index (κ1) is 13.5. The second-order valence-corrected chi connectivity index (χ2v) is 4.77. The van der Waals surface area contributed by atoms with E-state index < -0.39 is 5.97 Å². The molecule has 0 aliphatic carbocycles. The molecule has 7 heteroatoms. The Hall–Kier alpha value is -1.95. The number of carboxylic acids is 1. The zero-order valence-electron chi connectivity index (χ0n) is 10.5. The number of hydrogen-bond donors (Lipinski definition) is 1. The molecule has 0 saturated heterocycles. The fourth-order valence-corrected chi connectivity index (χ4v) is 1.92. The van der Waals surface area contributed by atoms with Crippen LogP contribution in [-0.2, 0) is 4.79 Å². The minimum atomic E-state index is -0.888. The number of benzene rings is 1. The lowest BCUT2D eigenvalue weighted by atomic mass is 10.1. The molecule has 6 nitrogen and oxygen atoms in total. The van der Waals surface area contributed by atoms with Crippen LogP contribution in [0, 0.1) is 6.92 Å². The van der Waals surface area contributed by atoms with Gasteiger partial charge in [0.25, 0.3) is 0 Å². The van der Waals surface area contributed by atoms with Gasteiger partial charge in [-0.25, -0.2) is 4.68 Å². The third kappa shape index (κ3) is 2.90. The average Bonchev–Trinajstić information content (AvgIpc) is 2.81. The molecule has 1 atom stereocenters. The van der Waals surface area contributed by atoms with Crippen LogP contribution in [0.2, 0.25) is 5.02 Å². The first-order valence-electron chi connectivity index (χ1n) is 5.75. The van der Waals surface area contributed by atoms with Gasteiger partial charge in [0.2, 0.25) is 0 Å². The molecule has 2 rings (SSSR count). The minimum absolute atomic E-state index is 0.0371. The second kappa shape index (κ2) is 5.36. The summed E-state index contributed by atoms with van der Waals surface area (Å²) >= 11 is 5.98. The van der Waals surface area contributed by atoms with Gasteiger partial charge in [-0.1, -0.05) is 11.6 Å². The molecule has 0 radical (unpaired) electrons. The van der Waals surface area contributed by atoms with Crippen molar-refractivity contribution in [2.75, 3.05) is 0 Å². The van der Waals surface area contributed by atoms with Gasteiger partial charge in [-0.2, -0.15) is 0 Å². The highest BCUT2D eigenvalue weighted by atomic mass is 35.5. The highest BCUT2D eigenvalue weighted by Gasteiger charge is 2.17. The summed E-state index contributed by atoms with van der Waals surface area (Å²) in [5.41, 5.74) is 1.73. The van der Waals surface area contributed by atoms with Crippen molar-refractivity contribution in [1.82, 2.24) is 20.2 Å². The van der Waals surface area contributed by atoms with E-state index in [0.29, 0.717) is 10.8 Å². The smallest absolute Gasteiger partial charge is 0.305 e. The van der Waals surface area contributed by atoms with Gasteiger partial charge >= 0.3 is 5.97 Å². The molecule has 0 spiro atoms. The lowest BCUT2D eigenvalue weighted by Gasteiger charge is -2.11. The number of rotatable bonds is 4. The summed E-state index contributed by atoms with van der Waals surface area (Å²) in [6.07, 6.45) is -0.0371. The average molecular weight is 281 g/mol. The Labute approximate surface area is 115 Å². The fraction of sp³-hybridized carbons (Fsp3) is 0.333. The summed E-state index contributed by atoms with van der Waals surface area (Å²) in [6.45, 7) is 3.65. The molecule has 1 heterocycles. The Morgan fingerprint density at radius 1 is 1.53 bits per heavy atom. The molecule has 1 aromatic heterocycles. The molecule has 19 heavy (non-hydrogen) atoms. The standard InChI is InChI=1S/C12H13ClN4O2/c1-7-5-9(3-4-10(7)13)12-14-15-16-17(12)8(2)6-11(18)19/h3-5,8H,6H2,1-2H3,(H,18,19). The summed E-state index contributed by atoms with van der Waals surface area (Å²) in [6, 6.07) is 5.13. The Kier molecular flexibility index (Phi) is 3.80. The number of aromatic nitrogens is 4. The molecule has 2 aromatic rings. The number of halogens is 1. The topological polar surface area (TPSA) is 80.9 Å². The molecule has 0 saturated carbocycles. The van der Waals surface area contributed by atoms with Crippen molar-refractivity contribution in [3.63, 3.8) is 0 Å². The predicted octanol–water partition coefficient (Wildman–Crippen LogP) is 2.34. The van der Waals surface area contributed by atoms with E-state index in [4.69, 9.17) is 16.7 Å². The van der Waals surface area contributed by atoms with Crippen LogP contribution in [0.4, 0.5) is 0 Å². The second-order valence-electron chi connectivity index (χ2n) is 4.36. The highest BCUT2D eigenvalue weighted by Crippen LogP contribution is 2.25. The number of aliphatic carboxylic acids is 1. The first-order valence-corrected chi connectivity index (χ1v) is 6.13. The van der Waals surface area contributed by atoms with Crippen LogP contribution in [0.1, 0.15) is 24.9 Å². The molecule has 0 aliphatic rings. The number of carbonyl (C=O) groups is 1. The number of hydrogen-bond acceptors (Lipinski definition) is 4. The molecular formula is C12H13ClN4O2. The summed E-state index contributed by atoms with van der Waals surface area (Å²) in [7, 11) is 0. The largest absolute Gasteiger partial charge is 0.481 e. The SMILES string of the molecule is Cc1cc(-c2nnnn2C(C)CC(=O)O)ccc1Cl. The quantitative estimate of drug-likeness (QED) is 0.929. The van der Waals surface area contributed by atoms with Crippen LogP contribution in [0.5, 0.6) is 0 Å². The van der Waals surface area contributed by atoms with E-state index in [1.807, 2.05) is 19.1 Å². The van der Waals surface area contributed by atoms with E-state index in [-0.39, 0.29) is 12.5 Å². The lowest BCUT2D eigenvalue weighted by Crippen LogP contribution is -2.13. The van der Waals surface area contributed by atoms with Crippen molar-refractivity contribution in [3.05, 3.63) is 28.8 Å². The minimum Gasteiger partial charge on any atom is -0.481 e. The van der Waals surface area contributed by atoms with Gasteiger partial charge in [-0.05, 0) is 48.0 Å². The van der Waals surface area contributed by atoms with Crippen LogP contribution < -0.4 is 0 Å². The summed E-state index contributed by atoms with van der Waals surface area (Å²) in [5.74, 6) is -0.352. The Morgan fingerprint density at radius 2 is 2.26 bits per heavy atom. The number of tetrazole rings is 1. The molecule has 100 valence electrons. The molecule has 0 aliphatic heterocycles. The van der Waals surface area contributed by atoms with Gasteiger partial charge in [-0.3, -0.25) is 4.79 Å². The lowest BCUT2D eigenvalue weighted by molar-refractivity contribution is -0.137. The van der Waals surface area contributed by atoms with E-state index in [1.165, 1.54) is 4.68 Å². The molecule has 1 aromatic carbocycles. The van der Waals surface area contributed by atoms with Crippen molar-refractivity contribution in [3.8, 4) is 11.4 Å². The first-order chi connectivity index (χ1) is 8.99. The molecule has 1 N–H and O–H groups in total. The molecule has 0 bridgehead atoms. The normalized spacial score (nSPS) is 12.4. The van der Waals surface area contributed by atoms with Crippen LogP contribution in [-0.4, -0.2) is 31.3 Å². The monoisotopic (exact) mass is 280 g/mol. The van der Waals surface area contributed by atoms with Crippen molar-refractivity contribution in [2.45, 2.75) is 26.3 Å². The molecule has 0 amide bonds. The van der Waals surface area contributed by atoms with Crippen LogP contribution in [0.25, 0.3) is 11.4 Å². The molecule has 0 fully saturated rings. The van der Waals surface area contributed by atoms with Gasteiger partial charge in [-0.15, -0.1) is 5.10 Å². The third-order valence-electron chi connectivity index (χ3n) is 2.80. The molecular weight excluding hydrogens is 268 g/mol. The van der Waals surface area contributed by atoms with Gasteiger partial charge in [0.05, 0.1) is 12.5 Å². The Balaban J connectivity index is 2.38. The number of aryl methyl sites for hydroxylation is 1. The maximum atomic E-state index is 10.8. The maximum absolute atomic E-state index is 10.8. The van der Waals surface area contributed by atoms with Gasteiger partial charge in [0, 0.05) is 10.6 Å². The third-order valence-corrected chi connectivity index (χ3v) is 3.22. The van der Waals surface area contributed by atoms with Crippen LogP contribution in [0.15, 0.2) is 18.2 Å². The van der Waals surface area contributed by atoms with E-state index >= 15 is 0 Å². The highest BCUT2D eigenvalue weighted by molar-refractivity contribution is 6.31. The Morgan fingerprint density at radius 3 is 2.89 bits per heavy atom. The zero-order chi connectivity index (χ0) is 14.0. The fourth-order valence-electron chi connectivity index (χ4n) is 1.80. The van der Waals surface area contributed by atoms with E-state index in [1.54, 1.807) is 13.0 Å². The Bertz CT molecular complexity index is 612. The van der Waals surface area contributed by atoms with Crippen molar-refractivity contribution < 1.29 is 9.90 Å². The molecule has 1 unspecified atom stereocenters. The summed E-state index contributed by atoms with van der Waals surface area (Å²) in [4.78, 5) is 10.8. The van der Waals surface area contributed by atoms with Gasteiger partial charge in [0.1, 0.15) is 0 Å². The maximum Gasteiger partial charge on any atom is 0.305 e. The van der Waals surface area contributed by atoms with Crippen LogP contribution in [0.3, 0.4) is 0 Å². The summed E-state index contributed by atoms with van der Waals surface area (Å²) < 4.78 is 1.51.